The molecule has 1 aliphatic heterocycles. The van der Waals surface area contributed by atoms with Crippen molar-refractivity contribution in [3.05, 3.63) is 95.3 Å². The molecule has 0 saturated carbocycles. The van der Waals surface area contributed by atoms with E-state index in [1.165, 1.54) is 24.3 Å². The van der Waals surface area contributed by atoms with Crippen LogP contribution in [-0.4, -0.2) is 16.9 Å². The van der Waals surface area contributed by atoms with E-state index in [2.05, 4.69) is 50.5 Å². The van der Waals surface area contributed by atoms with Gasteiger partial charge in [-0.25, -0.2) is 9.29 Å². The first-order chi connectivity index (χ1) is 16.2. The number of hydrogen-bond donors (Lipinski definition) is 1. The molecule has 34 heavy (non-hydrogen) atoms. The van der Waals surface area contributed by atoms with Gasteiger partial charge in [-0.3, -0.25) is 14.9 Å². The largest absolute Gasteiger partial charge is 0.487 e. The molecule has 1 N–H and O–H groups in total. The Balaban J connectivity index is 1.61. The summed E-state index contributed by atoms with van der Waals surface area (Å²) in [6, 6.07) is 16.7. The minimum Gasteiger partial charge on any atom is -0.487 e. The van der Waals surface area contributed by atoms with Gasteiger partial charge in [0, 0.05) is 5.02 Å². The third-order valence-electron chi connectivity index (χ3n) is 4.82. The molecule has 0 atom stereocenters. The highest BCUT2D eigenvalue weighted by Gasteiger charge is 2.35. The summed E-state index contributed by atoms with van der Waals surface area (Å²) in [4.78, 5) is 26.7. The van der Waals surface area contributed by atoms with Gasteiger partial charge in [-0.2, -0.15) is 0 Å². The number of thiocarbonyl (C=S) groups is 1. The van der Waals surface area contributed by atoms with Crippen molar-refractivity contribution in [1.82, 2.24) is 5.32 Å². The van der Waals surface area contributed by atoms with Crippen LogP contribution in [0.1, 0.15) is 11.1 Å². The van der Waals surface area contributed by atoms with Crippen molar-refractivity contribution in [3.8, 4) is 5.75 Å². The Kier molecular flexibility index (Phi) is 7.85. The van der Waals surface area contributed by atoms with Crippen molar-refractivity contribution in [1.29, 1.82) is 0 Å². The summed E-state index contributed by atoms with van der Waals surface area (Å²) in [6.45, 7) is 0.361. The maximum Gasteiger partial charge on any atom is 0.270 e. The standard InChI is InChI=1S/C24H14ClFI2N2O3S/c25-15-7-5-13(6-8-15)12-33-21-18(27)10-14(11-19(21)28)9-16-22(31)29-24(34)30(23(16)32)20-4-2-1-3-17(20)26/h1-11H,12H2,(H,29,31,34)/b16-9+. The third-order valence-corrected chi connectivity index (χ3v) is 6.96. The topological polar surface area (TPSA) is 58.6 Å². The normalized spacial score (nSPS) is 15.0. The molecule has 172 valence electrons. The highest BCUT2D eigenvalue weighted by molar-refractivity contribution is 14.1. The van der Waals surface area contributed by atoms with E-state index in [-0.39, 0.29) is 16.4 Å². The average molecular weight is 719 g/mol. The molecular weight excluding hydrogens is 705 g/mol. The Morgan fingerprint density at radius 1 is 1.06 bits per heavy atom. The zero-order valence-electron chi connectivity index (χ0n) is 17.2. The second-order valence-electron chi connectivity index (χ2n) is 7.14. The van der Waals surface area contributed by atoms with E-state index >= 15 is 0 Å². The molecule has 0 aromatic heterocycles. The lowest BCUT2D eigenvalue weighted by molar-refractivity contribution is -0.122. The molecule has 0 spiro atoms. The van der Waals surface area contributed by atoms with Crippen LogP contribution in [0.4, 0.5) is 10.1 Å². The van der Waals surface area contributed by atoms with Crippen LogP contribution in [0, 0.1) is 13.0 Å². The van der Waals surface area contributed by atoms with Gasteiger partial charge in [0.05, 0.1) is 12.8 Å². The maximum absolute atomic E-state index is 14.3. The molecule has 3 aromatic rings. The molecule has 0 radical (unpaired) electrons. The molecule has 2 amide bonds. The fraction of sp³-hybridized carbons (Fsp3) is 0.0417. The Bertz CT molecular complexity index is 1330. The number of ether oxygens (including phenoxy) is 1. The van der Waals surface area contributed by atoms with Gasteiger partial charge in [0.1, 0.15) is 23.7 Å². The second-order valence-corrected chi connectivity index (χ2v) is 10.3. The summed E-state index contributed by atoms with van der Waals surface area (Å²) < 4.78 is 21.9. The lowest BCUT2D eigenvalue weighted by Gasteiger charge is -2.29. The highest BCUT2D eigenvalue weighted by Crippen LogP contribution is 2.31. The van der Waals surface area contributed by atoms with Crippen LogP contribution in [0.5, 0.6) is 5.75 Å². The average Bonchev–Trinajstić information content (AvgIpc) is 2.78. The fourth-order valence-electron chi connectivity index (χ4n) is 3.21. The molecule has 3 aromatic carbocycles. The number of nitrogens with one attached hydrogen (secondary N) is 1. The van der Waals surface area contributed by atoms with Crippen molar-refractivity contribution < 1.29 is 18.7 Å². The van der Waals surface area contributed by atoms with Crippen LogP contribution in [-0.2, 0) is 16.2 Å². The van der Waals surface area contributed by atoms with E-state index in [0.717, 1.165) is 17.6 Å². The monoisotopic (exact) mass is 718 g/mol. The van der Waals surface area contributed by atoms with Crippen molar-refractivity contribution in [2.24, 2.45) is 0 Å². The number of benzene rings is 3. The van der Waals surface area contributed by atoms with Crippen LogP contribution in [0.15, 0.2) is 66.2 Å². The summed E-state index contributed by atoms with van der Waals surface area (Å²) >= 11 is 15.3. The maximum atomic E-state index is 14.3. The van der Waals surface area contributed by atoms with Crippen molar-refractivity contribution in [3.63, 3.8) is 0 Å². The van der Waals surface area contributed by atoms with Gasteiger partial charge in [-0.05, 0) is 111 Å². The van der Waals surface area contributed by atoms with E-state index < -0.39 is 17.6 Å². The molecule has 1 saturated heterocycles. The SMILES string of the molecule is O=C1NC(=S)N(c2ccccc2F)C(=O)/C1=C/c1cc(I)c(OCc2ccc(Cl)cc2)c(I)c1. The lowest BCUT2D eigenvalue weighted by Crippen LogP contribution is -2.54. The molecule has 1 heterocycles. The zero-order valence-corrected chi connectivity index (χ0v) is 23.0. The van der Waals surface area contributed by atoms with Crippen LogP contribution >= 0.6 is 69.0 Å². The summed E-state index contributed by atoms with van der Waals surface area (Å²) in [5, 5.41) is 2.94. The van der Waals surface area contributed by atoms with Crippen LogP contribution < -0.4 is 15.0 Å². The van der Waals surface area contributed by atoms with Crippen molar-refractivity contribution in [2.45, 2.75) is 6.61 Å². The molecule has 5 nitrogen and oxygen atoms in total. The molecule has 4 rings (SSSR count). The number of halogens is 4. The number of amides is 2. The van der Waals surface area contributed by atoms with Gasteiger partial charge < -0.3 is 4.74 Å². The van der Waals surface area contributed by atoms with Gasteiger partial charge >= 0.3 is 0 Å². The summed E-state index contributed by atoms with van der Waals surface area (Å²) in [5.74, 6) is -1.28. The number of hydrogen-bond acceptors (Lipinski definition) is 4. The first kappa shape index (κ1) is 25.0. The second kappa shape index (κ2) is 10.7. The fourth-order valence-corrected chi connectivity index (χ4v) is 5.74. The van der Waals surface area contributed by atoms with Crippen LogP contribution in [0.3, 0.4) is 0 Å². The third kappa shape index (κ3) is 5.42. The number of rotatable bonds is 5. The van der Waals surface area contributed by atoms with Crippen molar-refractivity contribution >= 4 is 97.7 Å². The molecule has 0 aliphatic carbocycles. The van der Waals surface area contributed by atoms with Gasteiger partial charge in [-0.15, -0.1) is 0 Å². The first-order valence-electron chi connectivity index (χ1n) is 9.77. The smallest absolute Gasteiger partial charge is 0.270 e. The number of carbonyl (C=O) groups is 2. The molecule has 0 unspecified atom stereocenters. The number of para-hydroxylation sites is 1. The van der Waals surface area contributed by atoms with Gasteiger partial charge in [-0.1, -0.05) is 35.9 Å². The predicted octanol–water partition coefficient (Wildman–Crippen LogP) is 6.10. The molecule has 10 heteroatoms. The number of anilines is 1. The van der Waals surface area contributed by atoms with Gasteiger partial charge in [0.25, 0.3) is 11.8 Å². The van der Waals surface area contributed by atoms with Gasteiger partial charge in [0.15, 0.2) is 5.11 Å². The lowest BCUT2D eigenvalue weighted by atomic mass is 10.1. The highest BCUT2D eigenvalue weighted by atomic mass is 127. The first-order valence-corrected chi connectivity index (χ1v) is 12.7. The Labute approximate surface area is 232 Å². The number of carbonyl (C=O) groups excluding carboxylic acids is 2. The van der Waals surface area contributed by atoms with E-state index in [0.29, 0.717) is 22.9 Å². The molecule has 0 bridgehead atoms. The summed E-state index contributed by atoms with van der Waals surface area (Å²) in [6.07, 6.45) is 1.46. The van der Waals surface area contributed by atoms with Gasteiger partial charge in [0.2, 0.25) is 0 Å². The zero-order chi connectivity index (χ0) is 24.4. The summed E-state index contributed by atoms with van der Waals surface area (Å²) in [5.41, 5.74) is 1.40. The Hall–Kier alpha value is -2.09. The number of nitrogens with zero attached hydrogens (tertiary/aromatic N) is 1. The Morgan fingerprint density at radius 2 is 1.71 bits per heavy atom. The minimum absolute atomic E-state index is 0.0292. The summed E-state index contributed by atoms with van der Waals surface area (Å²) in [7, 11) is 0. The van der Waals surface area contributed by atoms with E-state index in [1.54, 1.807) is 30.3 Å². The molecule has 1 fully saturated rings. The van der Waals surface area contributed by atoms with Crippen LogP contribution in [0.25, 0.3) is 6.08 Å². The van der Waals surface area contributed by atoms with E-state index in [9.17, 15) is 14.0 Å². The Morgan fingerprint density at radius 3 is 2.35 bits per heavy atom. The quantitative estimate of drug-likeness (QED) is 0.150. The molecular formula is C24H14ClFI2N2O3S. The molecule has 1 aliphatic rings. The predicted molar refractivity (Wildman–Crippen MR) is 150 cm³/mol. The minimum atomic E-state index is -0.702. The van der Waals surface area contributed by atoms with Crippen LogP contribution in [0.2, 0.25) is 5.02 Å². The van der Waals surface area contributed by atoms with Crippen molar-refractivity contribution in [2.75, 3.05) is 4.90 Å². The van der Waals surface area contributed by atoms with E-state index in [4.69, 9.17) is 28.6 Å². The van der Waals surface area contributed by atoms with E-state index in [1.807, 2.05) is 12.1 Å².